The van der Waals surface area contributed by atoms with Crippen molar-refractivity contribution >= 4 is 22.6 Å². The van der Waals surface area contributed by atoms with Gasteiger partial charge in [0.15, 0.2) is 0 Å². The third-order valence-corrected chi connectivity index (χ3v) is 5.09. The SMILES string of the molecule is Cc1cc(NC(=O)n2ccc3cc(Oc4ncnc5c4CNC5)ccc32)ccc1F. The fraction of sp³-hybridized carbons (Fsp3) is 0.136. The molecule has 150 valence electrons. The number of aromatic nitrogens is 3. The molecule has 4 aromatic rings. The first-order valence-electron chi connectivity index (χ1n) is 9.48. The Morgan fingerprint density at radius 1 is 1.17 bits per heavy atom. The predicted octanol–water partition coefficient (Wildman–Crippen LogP) is 4.35. The molecule has 0 aliphatic carbocycles. The summed E-state index contributed by atoms with van der Waals surface area (Å²) in [6.45, 7) is 3.03. The van der Waals surface area contributed by atoms with Gasteiger partial charge in [-0.25, -0.2) is 19.2 Å². The Morgan fingerprint density at radius 2 is 2.07 bits per heavy atom. The number of nitrogens with one attached hydrogen (secondary N) is 2. The summed E-state index contributed by atoms with van der Waals surface area (Å²) < 4.78 is 20.9. The average Bonchev–Trinajstić information content (AvgIpc) is 3.38. The van der Waals surface area contributed by atoms with Crippen molar-refractivity contribution in [2.45, 2.75) is 20.0 Å². The fourth-order valence-electron chi connectivity index (χ4n) is 3.53. The van der Waals surface area contributed by atoms with Gasteiger partial charge in [-0.15, -0.1) is 0 Å². The van der Waals surface area contributed by atoms with Crippen molar-refractivity contribution in [3.63, 3.8) is 0 Å². The summed E-state index contributed by atoms with van der Waals surface area (Å²) in [7, 11) is 0. The van der Waals surface area contributed by atoms with Crippen LogP contribution in [0.5, 0.6) is 11.6 Å². The molecule has 0 atom stereocenters. The first-order valence-corrected chi connectivity index (χ1v) is 9.48. The molecule has 0 saturated carbocycles. The number of carbonyl (C=O) groups excluding carboxylic acids is 1. The van der Waals surface area contributed by atoms with Gasteiger partial charge in [0.25, 0.3) is 0 Å². The van der Waals surface area contributed by atoms with Crippen LogP contribution < -0.4 is 15.4 Å². The number of aryl methyl sites for hydroxylation is 1. The zero-order valence-corrected chi connectivity index (χ0v) is 16.1. The van der Waals surface area contributed by atoms with Crippen molar-refractivity contribution < 1.29 is 13.9 Å². The molecule has 0 saturated heterocycles. The number of fused-ring (bicyclic) bond motifs is 2. The molecule has 2 N–H and O–H groups in total. The number of hydrogen-bond acceptors (Lipinski definition) is 5. The van der Waals surface area contributed by atoms with Gasteiger partial charge in [-0.2, -0.15) is 0 Å². The summed E-state index contributed by atoms with van der Waals surface area (Å²) in [4.78, 5) is 21.2. The molecule has 3 heterocycles. The molecule has 0 radical (unpaired) electrons. The van der Waals surface area contributed by atoms with Crippen LogP contribution in [0.1, 0.15) is 16.8 Å². The second kappa shape index (κ2) is 7.23. The minimum Gasteiger partial charge on any atom is -0.439 e. The van der Waals surface area contributed by atoms with E-state index in [0.717, 1.165) is 22.2 Å². The molecular formula is C22H18FN5O2. The summed E-state index contributed by atoms with van der Waals surface area (Å²) in [5.41, 5.74) is 3.64. The van der Waals surface area contributed by atoms with Crippen LogP contribution in [0.2, 0.25) is 0 Å². The van der Waals surface area contributed by atoms with Crippen LogP contribution in [-0.4, -0.2) is 20.6 Å². The van der Waals surface area contributed by atoms with Crippen molar-refractivity contribution in [3.8, 4) is 11.6 Å². The summed E-state index contributed by atoms with van der Waals surface area (Å²) in [5.74, 6) is 0.855. The Bertz CT molecular complexity index is 1280. The summed E-state index contributed by atoms with van der Waals surface area (Å²) >= 11 is 0. The first kappa shape index (κ1) is 18.3. The van der Waals surface area contributed by atoms with Gasteiger partial charge in [-0.05, 0) is 55.0 Å². The highest BCUT2D eigenvalue weighted by atomic mass is 19.1. The number of carbonyl (C=O) groups is 1. The second-order valence-electron chi connectivity index (χ2n) is 7.11. The quantitative estimate of drug-likeness (QED) is 0.531. The van der Waals surface area contributed by atoms with Crippen molar-refractivity contribution in [2.75, 3.05) is 5.32 Å². The van der Waals surface area contributed by atoms with Crippen LogP contribution in [0, 0.1) is 12.7 Å². The molecule has 8 heteroatoms. The van der Waals surface area contributed by atoms with Crippen LogP contribution in [0.4, 0.5) is 14.9 Å². The number of ether oxygens (including phenoxy) is 1. The minimum atomic E-state index is -0.329. The smallest absolute Gasteiger partial charge is 0.330 e. The van der Waals surface area contributed by atoms with Crippen LogP contribution in [-0.2, 0) is 13.1 Å². The van der Waals surface area contributed by atoms with Crippen molar-refractivity contribution in [2.24, 2.45) is 0 Å². The van der Waals surface area contributed by atoms with Crippen LogP contribution >= 0.6 is 0 Å². The van der Waals surface area contributed by atoms with Gasteiger partial charge >= 0.3 is 6.03 Å². The third kappa shape index (κ3) is 3.27. The molecule has 2 aromatic carbocycles. The lowest BCUT2D eigenvalue weighted by Gasteiger charge is -2.10. The molecular weight excluding hydrogens is 385 g/mol. The number of rotatable bonds is 3. The van der Waals surface area contributed by atoms with Gasteiger partial charge in [0.2, 0.25) is 5.88 Å². The molecule has 1 aliphatic heterocycles. The Balaban J connectivity index is 1.39. The van der Waals surface area contributed by atoms with E-state index in [-0.39, 0.29) is 11.8 Å². The summed E-state index contributed by atoms with van der Waals surface area (Å²) in [6.07, 6.45) is 3.18. The third-order valence-electron chi connectivity index (χ3n) is 5.09. The molecule has 1 aliphatic rings. The molecule has 0 fully saturated rings. The lowest BCUT2D eigenvalue weighted by Crippen LogP contribution is -2.18. The molecule has 7 nitrogen and oxygen atoms in total. The van der Waals surface area contributed by atoms with Crippen LogP contribution in [0.3, 0.4) is 0 Å². The van der Waals surface area contributed by atoms with Crippen molar-refractivity contribution in [3.05, 3.63) is 77.6 Å². The van der Waals surface area contributed by atoms with E-state index in [9.17, 15) is 9.18 Å². The maximum Gasteiger partial charge on any atom is 0.330 e. The Hall–Kier alpha value is -3.78. The molecule has 1 amide bonds. The zero-order valence-electron chi connectivity index (χ0n) is 16.1. The Labute approximate surface area is 171 Å². The van der Waals surface area contributed by atoms with Crippen LogP contribution in [0.15, 0.2) is 55.0 Å². The topological polar surface area (TPSA) is 81.1 Å². The van der Waals surface area contributed by atoms with Gasteiger partial charge in [0, 0.05) is 30.4 Å². The molecule has 0 unspecified atom stereocenters. The van der Waals surface area contributed by atoms with E-state index in [0.29, 0.717) is 36.0 Å². The lowest BCUT2D eigenvalue weighted by molar-refractivity contribution is 0.254. The van der Waals surface area contributed by atoms with Gasteiger partial charge in [0.1, 0.15) is 17.9 Å². The monoisotopic (exact) mass is 403 g/mol. The van der Waals surface area contributed by atoms with Crippen molar-refractivity contribution in [1.82, 2.24) is 19.9 Å². The van der Waals surface area contributed by atoms with Gasteiger partial charge < -0.3 is 15.4 Å². The first-order chi connectivity index (χ1) is 14.6. The van der Waals surface area contributed by atoms with Gasteiger partial charge in [-0.1, -0.05) is 0 Å². The highest BCUT2D eigenvalue weighted by Crippen LogP contribution is 2.29. The van der Waals surface area contributed by atoms with E-state index in [2.05, 4.69) is 20.6 Å². The number of amides is 1. The van der Waals surface area contributed by atoms with E-state index in [1.807, 2.05) is 18.2 Å². The molecule has 2 aromatic heterocycles. The average molecular weight is 403 g/mol. The lowest BCUT2D eigenvalue weighted by atomic mass is 10.2. The zero-order chi connectivity index (χ0) is 20.7. The van der Waals surface area contributed by atoms with Crippen molar-refractivity contribution in [1.29, 1.82) is 0 Å². The normalized spacial score (nSPS) is 12.7. The number of anilines is 1. The largest absolute Gasteiger partial charge is 0.439 e. The molecule has 30 heavy (non-hydrogen) atoms. The highest BCUT2D eigenvalue weighted by molar-refractivity contribution is 5.98. The fourth-order valence-corrected chi connectivity index (χ4v) is 3.53. The minimum absolute atomic E-state index is 0.308. The molecule has 0 bridgehead atoms. The van der Waals surface area contributed by atoms with E-state index >= 15 is 0 Å². The number of benzene rings is 2. The number of nitrogens with zero attached hydrogens (tertiary/aromatic N) is 3. The van der Waals surface area contributed by atoms with Gasteiger partial charge in [0.05, 0.1) is 16.8 Å². The predicted molar refractivity (Wildman–Crippen MR) is 110 cm³/mol. The highest BCUT2D eigenvalue weighted by Gasteiger charge is 2.18. The molecule has 5 rings (SSSR count). The Kier molecular flexibility index (Phi) is 4.40. The van der Waals surface area contributed by atoms with E-state index in [1.165, 1.54) is 23.0 Å². The molecule has 0 spiro atoms. The van der Waals surface area contributed by atoms with E-state index < -0.39 is 0 Å². The standard InChI is InChI=1S/C22H18FN5O2/c1-13-8-15(2-4-18(13)23)27-22(29)28-7-6-14-9-16(3-5-20(14)28)30-21-17-10-24-11-19(17)25-12-26-21/h2-9,12,24H,10-11H2,1H3,(H,27,29). The second-order valence-corrected chi connectivity index (χ2v) is 7.11. The summed E-state index contributed by atoms with van der Waals surface area (Å²) in [6, 6.07) is 11.4. The number of halogens is 1. The maximum atomic E-state index is 13.4. The van der Waals surface area contributed by atoms with Crippen LogP contribution in [0.25, 0.3) is 10.9 Å². The Morgan fingerprint density at radius 3 is 2.93 bits per heavy atom. The van der Waals surface area contributed by atoms with E-state index in [1.54, 1.807) is 25.3 Å². The number of hydrogen-bond donors (Lipinski definition) is 2. The van der Waals surface area contributed by atoms with Gasteiger partial charge in [-0.3, -0.25) is 4.57 Å². The maximum absolute atomic E-state index is 13.4. The summed E-state index contributed by atoms with van der Waals surface area (Å²) in [5, 5.41) is 6.87. The van der Waals surface area contributed by atoms with E-state index in [4.69, 9.17) is 4.74 Å².